The molecule has 8 nitrogen and oxygen atoms in total. The molecule has 1 aromatic carbocycles. The first-order chi connectivity index (χ1) is 19.1. The van der Waals surface area contributed by atoms with Gasteiger partial charge in [-0.15, -0.1) is 0 Å². The van der Waals surface area contributed by atoms with Gasteiger partial charge in [0.05, 0.1) is 11.6 Å². The molecule has 3 fully saturated rings. The first-order valence-electron chi connectivity index (χ1n) is 14.0. The van der Waals surface area contributed by atoms with Gasteiger partial charge in [0.2, 0.25) is 5.91 Å². The molecule has 0 spiro atoms. The number of aromatic nitrogens is 4. The largest absolute Gasteiger partial charge is 0.408 e. The van der Waals surface area contributed by atoms with Crippen molar-refractivity contribution in [3.05, 3.63) is 47.3 Å². The lowest BCUT2D eigenvalue weighted by atomic mass is 9.88. The van der Waals surface area contributed by atoms with Crippen molar-refractivity contribution in [1.29, 1.82) is 0 Å². The predicted octanol–water partition coefficient (Wildman–Crippen LogP) is 4.83. The van der Waals surface area contributed by atoms with Gasteiger partial charge in [-0.3, -0.25) is 14.3 Å². The molecule has 2 amide bonds. The summed E-state index contributed by atoms with van der Waals surface area (Å²) in [5.41, 5.74) is 1.50. The number of piperidine rings is 1. The van der Waals surface area contributed by atoms with E-state index in [9.17, 15) is 22.8 Å². The van der Waals surface area contributed by atoms with E-state index in [-0.39, 0.29) is 36.6 Å². The Morgan fingerprint density at radius 2 is 1.88 bits per heavy atom. The average molecular weight is 561 g/mol. The third-order valence-electron chi connectivity index (χ3n) is 8.53. The fourth-order valence-electron chi connectivity index (χ4n) is 6.23. The molecule has 3 heterocycles. The summed E-state index contributed by atoms with van der Waals surface area (Å²) in [7, 11) is 0. The average Bonchev–Trinajstić information content (AvgIpc) is 3.83. The van der Waals surface area contributed by atoms with E-state index < -0.39 is 35.9 Å². The number of nitrogens with one attached hydrogen (secondary N) is 3. The zero-order valence-corrected chi connectivity index (χ0v) is 22.1. The van der Waals surface area contributed by atoms with E-state index in [4.69, 9.17) is 0 Å². The SMILES string of the molecule is CCn1nccc1C(=O)NC(c1nc2c(F)cc(CC3CCC(C(F)(F)F)NC3=O)cc2[nH]1)C(C1CC1)C1CC1. The summed E-state index contributed by atoms with van der Waals surface area (Å²) in [6.07, 6.45) is 1.40. The van der Waals surface area contributed by atoms with Gasteiger partial charge >= 0.3 is 6.18 Å². The second-order valence-corrected chi connectivity index (χ2v) is 11.4. The van der Waals surface area contributed by atoms with Crippen LogP contribution in [0.15, 0.2) is 24.4 Å². The number of hydrogen-bond donors (Lipinski definition) is 3. The first kappa shape index (κ1) is 26.8. The van der Waals surface area contributed by atoms with Crippen LogP contribution in [0.25, 0.3) is 11.0 Å². The van der Waals surface area contributed by atoms with Crippen LogP contribution in [0.3, 0.4) is 0 Å². The minimum absolute atomic E-state index is 0.0663. The zero-order valence-electron chi connectivity index (χ0n) is 22.1. The summed E-state index contributed by atoms with van der Waals surface area (Å²) < 4.78 is 56.0. The van der Waals surface area contributed by atoms with Crippen molar-refractivity contribution in [2.45, 2.75) is 76.7 Å². The molecule has 3 unspecified atom stereocenters. The second-order valence-electron chi connectivity index (χ2n) is 11.4. The number of benzene rings is 1. The number of carbonyl (C=O) groups excluding carboxylic acids is 2. The van der Waals surface area contributed by atoms with Gasteiger partial charge in [-0.1, -0.05) is 0 Å². The molecule has 2 aromatic heterocycles. The monoisotopic (exact) mass is 560 g/mol. The molecule has 6 rings (SSSR count). The van der Waals surface area contributed by atoms with Crippen LogP contribution in [0.5, 0.6) is 0 Å². The smallest absolute Gasteiger partial charge is 0.344 e. The predicted molar refractivity (Wildman–Crippen MR) is 138 cm³/mol. The number of alkyl halides is 3. The van der Waals surface area contributed by atoms with Gasteiger partial charge in [0.25, 0.3) is 5.91 Å². The van der Waals surface area contributed by atoms with E-state index in [1.54, 1.807) is 23.0 Å². The van der Waals surface area contributed by atoms with Crippen LogP contribution >= 0.6 is 0 Å². The molecule has 0 radical (unpaired) electrons. The number of aryl methyl sites for hydroxylation is 1. The number of halogens is 4. The number of rotatable bonds is 9. The number of aromatic amines is 1. The molecule has 12 heteroatoms. The van der Waals surface area contributed by atoms with Crippen molar-refractivity contribution in [2.24, 2.45) is 23.7 Å². The molecule has 3 atom stereocenters. The molecule has 2 aliphatic carbocycles. The Bertz CT molecular complexity index is 1410. The van der Waals surface area contributed by atoms with Gasteiger partial charge in [-0.2, -0.15) is 18.3 Å². The highest BCUT2D eigenvalue weighted by molar-refractivity contribution is 5.92. The molecule has 3 N–H and O–H groups in total. The minimum Gasteiger partial charge on any atom is -0.344 e. The molecule has 0 bridgehead atoms. The van der Waals surface area contributed by atoms with Crippen molar-refractivity contribution in [3.8, 4) is 0 Å². The molecule has 1 aliphatic heterocycles. The van der Waals surface area contributed by atoms with Crippen LogP contribution in [0.4, 0.5) is 17.6 Å². The summed E-state index contributed by atoms with van der Waals surface area (Å²) in [5.74, 6) is -0.610. The number of imidazole rings is 1. The fourth-order valence-corrected chi connectivity index (χ4v) is 6.23. The van der Waals surface area contributed by atoms with Gasteiger partial charge in [0.1, 0.15) is 23.1 Å². The quantitative estimate of drug-likeness (QED) is 0.326. The number of carbonyl (C=O) groups is 2. The lowest BCUT2D eigenvalue weighted by Crippen LogP contribution is -2.51. The summed E-state index contributed by atoms with van der Waals surface area (Å²) >= 11 is 0. The maximum Gasteiger partial charge on any atom is 0.408 e. The summed E-state index contributed by atoms with van der Waals surface area (Å²) in [4.78, 5) is 33.6. The number of hydrogen-bond acceptors (Lipinski definition) is 4. The van der Waals surface area contributed by atoms with Crippen LogP contribution in [-0.4, -0.2) is 43.8 Å². The van der Waals surface area contributed by atoms with E-state index >= 15 is 4.39 Å². The van der Waals surface area contributed by atoms with Crippen LogP contribution in [0.2, 0.25) is 0 Å². The molecule has 3 aromatic rings. The maximum atomic E-state index is 15.3. The van der Waals surface area contributed by atoms with E-state index in [1.807, 2.05) is 6.92 Å². The Balaban J connectivity index is 1.27. The third kappa shape index (κ3) is 5.32. The maximum absolute atomic E-state index is 15.3. The lowest BCUT2D eigenvalue weighted by Gasteiger charge is -2.30. The minimum atomic E-state index is -4.49. The topological polar surface area (TPSA) is 105 Å². The number of amides is 2. The van der Waals surface area contributed by atoms with Crippen molar-refractivity contribution < 1.29 is 27.2 Å². The summed E-state index contributed by atoms with van der Waals surface area (Å²) in [6, 6.07) is 2.38. The zero-order chi connectivity index (χ0) is 28.2. The number of nitrogens with zero attached hydrogens (tertiary/aromatic N) is 3. The normalized spacial score (nSPS) is 22.5. The van der Waals surface area contributed by atoms with E-state index in [0.29, 0.717) is 41.0 Å². The van der Waals surface area contributed by atoms with Gasteiger partial charge in [0.15, 0.2) is 5.82 Å². The first-order valence-corrected chi connectivity index (χ1v) is 14.0. The Labute approximate surface area is 228 Å². The van der Waals surface area contributed by atoms with Crippen LogP contribution in [0, 0.1) is 29.5 Å². The molecule has 3 aliphatic rings. The van der Waals surface area contributed by atoms with Crippen LogP contribution in [0.1, 0.15) is 73.4 Å². The van der Waals surface area contributed by atoms with Crippen LogP contribution < -0.4 is 10.6 Å². The Hall–Kier alpha value is -3.44. The number of fused-ring (bicyclic) bond motifs is 1. The van der Waals surface area contributed by atoms with E-state index in [0.717, 1.165) is 25.7 Å². The van der Waals surface area contributed by atoms with E-state index in [1.165, 1.54) is 6.07 Å². The standard InChI is InChI=1S/C28H32F4N6O2/c1-2-38-20(9-10-33-38)27(40)37-24(22(15-3-4-15)16-5-6-16)25-34-19-13-14(12-18(29)23(19)36-25)11-17-7-8-21(28(30,31)32)35-26(17)39/h9-10,12-13,15-17,21-22,24H,2-8,11H2,1H3,(H,34,36)(H,35,39)(H,37,40). The van der Waals surface area contributed by atoms with Gasteiger partial charge < -0.3 is 15.6 Å². The van der Waals surface area contributed by atoms with Crippen LogP contribution in [-0.2, 0) is 17.8 Å². The Kier molecular flexibility index (Phi) is 6.82. The molecule has 40 heavy (non-hydrogen) atoms. The Morgan fingerprint density at radius 1 is 1.15 bits per heavy atom. The highest BCUT2D eigenvalue weighted by Gasteiger charge is 2.48. The highest BCUT2D eigenvalue weighted by atomic mass is 19.4. The van der Waals surface area contributed by atoms with Crippen molar-refractivity contribution in [2.75, 3.05) is 0 Å². The second kappa shape index (κ2) is 10.2. The third-order valence-corrected chi connectivity index (χ3v) is 8.53. The van der Waals surface area contributed by atoms with Crippen molar-refractivity contribution >= 4 is 22.8 Å². The Morgan fingerprint density at radius 3 is 2.50 bits per heavy atom. The van der Waals surface area contributed by atoms with E-state index in [2.05, 4.69) is 25.7 Å². The van der Waals surface area contributed by atoms with Gasteiger partial charge in [-0.05, 0) is 93.4 Å². The molecule has 214 valence electrons. The summed E-state index contributed by atoms with van der Waals surface area (Å²) in [6.45, 7) is 2.45. The van der Waals surface area contributed by atoms with Gasteiger partial charge in [-0.25, -0.2) is 9.37 Å². The summed E-state index contributed by atoms with van der Waals surface area (Å²) in [5, 5.41) is 9.43. The molecule has 1 saturated heterocycles. The fraction of sp³-hybridized carbons (Fsp3) is 0.571. The lowest BCUT2D eigenvalue weighted by molar-refractivity contribution is -0.169. The molecular weight excluding hydrogens is 528 g/mol. The van der Waals surface area contributed by atoms with Crippen molar-refractivity contribution in [3.63, 3.8) is 0 Å². The van der Waals surface area contributed by atoms with Gasteiger partial charge in [0, 0.05) is 18.7 Å². The highest BCUT2D eigenvalue weighted by Crippen LogP contribution is 2.54. The van der Waals surface area contributed by atoms with Crippen molar-refractivity contribution in [1.82, 2.24) is 30.4 Å². The molecule has 2 saturated carbocycles. The molecular formula is C28H32F4N6O2. The number of H-pyrrole nitrogens is 1.